The van der Waals surface area contributed by atoms with Crippen LogP contribution in [0.2, 0.25) is 5.02 Å². The minimum absolute atomic E-state index is 0.0319. The van der Waals surface area contributed by atoms with Crippen molar-refractivity contribution in [2.24, 2.45) is 0 Å². The summed E-state index contributed by atoms with van der Waals surface area (Å²) in [5.41, 5.74) is 2.18. The van der Waals surface area contributed by atoms with Crippen molar-refractivity contribution >= 4 is 39.8 Å². The van der Waals surface area contributed by atoms with Crippen LogP contribution >= 0.6 is 11.6 Å². The first-order valence-electron chi connectivity index (χ1n) is 15.8. The molecule has 10 nitrogen and oxygen atoms in total. The number of rotatable bonds is 9. The molecule has 0 N–H and O–H groups in total. The predicted octanol–water partition coefficient (Wildman–Crippen LogP) is 4.89. The summed E-state index contributed by atoms with van der Waals surface area (Å²) in [5, 5.41) is 11.1. The molecule has 47 heavy (non-hydrogen) atoms. The van der Waals surface area contributed by atoms with Gasteiger partial charge in [0.2, 0.25) is 0 Å². The van der Waals surface area contributed by atoms with Crippen LogP contribution in [0.5, 0.6) is 6.01 Å². The second-order valence-corrected chi connectivity index (χ2v) is 12.9. The Labute approximate surface area is 278 Å². The van der Waals surface area contributed by atoms with Crippen LogP contribution in [0.25, 0.3) is 10.8 Å². The number of ether oxygens (including phenoxy) is 2. The molecule has 3 aromatic rings. The summed E-state index contributed by atoms with van der Waals surface area (Å²) in [6, 6.07) is 10.2. The fraction of sp³-hybridized carbons (Fsp3) is 0.471. The number of aromatic nitrogens is 2. The smallest absolute Gasteiger partial charge is 0.318 e. The van der Waals surface area contributed by atoms with Gasteiger partial charge in [-0.15, -0.1) is 0 Å². The maximum atomic E-state index is 14.8. The Morgan fingerprint density at radius 3 is 2.72 bits per heavy atom. The van der Waals surface area contributed by atoms with Gasteiger partial charge in [0.05, 0.1) is 47.9 Å². The molecule has 1 aromatic heterocycles. The number of halogens is 3. The number of amides is 1. The van der Waals surface area contributed by atoms with Crippen LogP contribution < -0.4 is 14.5 Å². The van der Waals surface area contributed by atoms with Crippen LogP contribution in [0.4, 0.5) is 20.3 Å². The van der Waals surface area contributed by atoms with Gasteiger partial charge < -0.3 is 24.2 Å². The topological polar surface area (TPSA) is 98.1 Å². The maximum Gasteiger partial charge on any atom is 0.318 e. The number of hydrogen-bond acceptors (Lipinski definition) is 9. The van der Waals surface area contributed by atoms with Crippen LogP contribution in [-0.2, 0) is 22.5 Å². The van der Waals surface area contributed by atoms with Gasteiger partial charge in [0.1, 0.15) is 18.2 Å². The number of carbonyl (C=O) groups is 1. The van der Waals surface area contributed by atoms with Crippen LogP contribution in [0.3, 0.4) is 0 Å². The largest absolute Gasteiger partial charge is 0.461 e. The molecule has 248 valence electrons. The number of benzene rings is 2. The van der Waals surface area contributed by atoms with Gasteiger partial charge in [0, 0.05) is 55.3 Å². The van der Waals surface area contributed by atoms with E-state index in [1.807, 2.05) is 4.90 Å². The van der Waals surface area contributed by atoms with E-state index in [2.05, 4.69) is 29.5 Å². The fourth-order valence-corrected chi connectivity index (χ4v) is 7.46. The standard InChI is InChI=1S/C34H38ClF2N7O3/c1-22(36)32(45)44-17-16-43(18-23(44)10-13-38)31-25-11-15-42(29-9-8-27(37)24-6-4-7-26(35)30(24)29)19-28(25)39-33(40-31)47-21-34(20-46-3)12-5-14-41(34)2/h4,6-9,23H,1,5,10-12,14-21H2,2-3H3/t23-,34-/m0/s1. The average Bonchev–Trinajstić information content (AvgIpc) is 3.43. The average molecular weight is 666 g/mol. The van der Waals surface area contributed by atoms with E-state index >= 15 is 0 Å². The molecule has 0 unspecified atom stereocenters. The number of carbonyl (C=O) groups excluding carboxylic acids is 1. The molecule has 0 aliphatic carbocycles. The molecule has 0 spiro atoms. The van der Waals surface area contributed by atoms with Gasteiger partial charge in [-0.05, 0) is 51.1 Å². The van der Waals surface area contributed by atoms with E-state index in [-0.39, 0.29) is 36.9 Å². The van der Waals surface area contributed by atoms with Crippen LogP contribution in [0.15, 0.2) is 42.7 Å². The van der Waals surface area contributed by atoms with E-state index in [0.717, 1.165) is 36.3 Å². The molecule has 4 heterocycles. The first-order valence-corrected chi connectivity index (χ1v) is 16.2. The first-order chi connectivity index (χ1) is 22.7. The molecule has 1 amide bonds. The number of likely N-dealkylation sites (N-methyl/N-ethyl adjacent to an activating group) is 1. The molecular weight excluding hydrogens is 628 g/mol. The number of fused-ring (bicyclic) bond motifs is 2. The molecule has 3 aliphatic rings. The minimum Gasteiger partial charge on any atom is -0.461 e. The van der Waals surface area contributed by atoms with Gasteiger partial charge in [0.25, 0.3) is 5.91 Å². The Bertz CT molecular complexity index is 1740. The summed E-state index contributed by atoms with van der Waals surface area (Å²) in [6.07, 6.45) is 2.54. The third-order valence-corrected chi connectivity index (χ3v) is 10.0. The second-order valence-electron chi connectivity index (χ2n) is 12.5. The molecule has 6 rings (SSSR count). The lowest BCUT2D eigenvalue weighted by atomic mass is 9.99. The lowest BCUT2D eigenvalue weighted by Crippen LogP contribution is -2.56. The second kappa shape index (κ2) is 13.6. The number of anilines is 2. The summed E-state index contributed by atoms with van der Waals surface area (Å²) >= 11 is 6.61. The SMILES string of the molecule is C=C(F)C(=O)N1CCN(c2nc(OC[C@@]3(COC)CCCN3C)nc3c2CCN(c2ccc(F)c4cccc(Cl)c24)C3)C[C@@H]1CC#N. The zero-order valence-corrected chi connectivity index (χ0v) is 27.4. The third-order valence-electron chi connectivity index (χ3n) is 9.71. The minimum atomic E-state index is -1.05. The molecule has 13 heteroatoms. The van der Waals surface area contributed by atoms with Gasteiger partial charge in [-0.3, -0.25) is 9.69 Å². The van der Waals surface area contributed by atoms with Crippen molar-refractivity contribution in [3.8, 4) is 12.1 Å². The number of hydrogen-bond donors (Lipinski definition) is 0. The zero-order chi connectivity index (χ0) is 33.3. The highest BCUT2D eigenvalue weighted by Gasteiger charge is 2.40. The molecule has 0 radical (unpaired) electrons. The normalized spacial score (nSPS) is 21.5. The molecule has 2 fully saturated rings. The fourth-order valence-electron chi connectivity index (χ4n) is 7.19. The van der Waals surface area contributed by atoms with Crippen molar-refractivity contribution in [2.75, 3.05) is 69.9 Å². The van der Waals surface area contributed by atoms with E-state index in [1.54, 1.807) is 31.4 Å². The van der Waals surface area contributed by atoms with E-state index in [4.69, 9.17) is 31.0 Å². The summed E-state index contributed by atoms with van der Waals surface area (Å²) in [4.78, 5) is 30.2. The molecule has 0 saturated carbocycles. The lowest BCUT2D eigenvalue weighted by molar-refractivity contribution is -0.131. The van der Waals surface area contributed by atoms with Gasteiger partial charge in [-0.25, -0.2) is 8.78 Å². The Morgan fingerprint density at radius 2 is 2.00 bits per heavy atom. The Hall–Kier alpha value is -4.05. The van der Waals surface area contributed by atoms with Crippen LogP contribution in [-0.4, -0.2) is 97.4 Å². The van der Waals surface area contributed by atoms with Gasteiger partial charge in [-0.2, -0.15) is 15.2 Å². The van der Waals surface area contributed by atoms with Gasteiger partial charge in [-0.1, -0.05) is 30.3 Å². The highest BCUT2D eigenvalue weighted by molar-refractivity contribution is 6.36. The van der Waals surface area contributed by atoms with Crippen LogP contribution in [0.1, 0.15) is 30.5 Å². The summed E-state index contributed by atoms with van der Waals surface area (Å²) in [7, 11) is 3.74. The quantitative estimate of drug-likeness (QED) is 0.296. The van der Waals surface area contributed by atoms with Gasteiger partial charge >= 0.3 is 6.01 Å². The van der Waals surface area contributed by atoms with E-state index in [1.165, 1.54) is 11.0 Å². The Morgan fingerprint density at radius 1 is 1.17 bits per heavy atom. The Kier molecular flexibility index (Phi) is 9.50. The van der Waals surface area contributed by atoms with E-state index in [9.17, 15) is 18.8 Å². The molecule has 2 aromatic carbocycles. The first kappa shape index (κ1) is 32.9. The van der Waals surface area contributed by atoms with Crippen molar-refractivity contribution in [2.45, 2.75) is 43.8 Å². The van der Waals surface area contributed by atoms with Crippen molar-refractivity contribution < 1.29 is 23.0 Å². The molecule has 2 saturated heterocycles. The lowest BCUT2D eigenvalue weighted by Gasteiger charge is -2.42. The third kappa shape index (κ3) is 6.32. The van der Waals surface area contributed by atoms with Crippen molar-refractivity contribution in [1.82, 2.24) is 19.8 Å². The zero-order valence-electron chi connectivity index (χ0n) is 26.6. The Balaban J connectivity index is 1.37. The maximum absolute atomic E-state index is 14.8. The van der Waals surface area contributed by atoms with Crippen molar-refractivity contribution in [1.29, 1.82) is 5.26 Å². The number of nitrogens with zero attached hydrogens (tertiary/aromatic N) is 7. The van der Waals surface area contributed by atoms with Crippen LogP contribution in [0, 0.1) is 17.1 Å². The molecular formula is C34H38ClF2N7O3. The highest BCUT2D eigenvalue weighted by atomic mass is 35.5. The monoisotopic (exact) mass is 665 g/mol. The summed E-state index contributed by atoms with van der Waals surface area (Å²) in [6.45, 7) is 6.80. The number of piperazine rings is 1. The number of methoxy groups -OCH3 is 1. The van der Waals surface area contributed by atoms with Crippen molar-refractivity contribution in [3.05, 3.63) is 64.8 Å². The van der Waals surface area contributed by atoms with E-state index in [0.29, 0.717) is 60.9 Å². The summed E-state index contributed by atoms with van der Waals surface area (Å²) < 4.78 is 40.6. The van der Waals surface area contributed by atoms with Gasteiger partial charge in [0.15, 0.2) is 5.83 Å². The number of likely N-dealkylation sites (tertiary alicyclic amines) is 1. The predicted molar refractivity (Wildman–Crippen MR) is 176 cm³/mol. The van der Waals surface area contributed by atoms with E-state index < -0.39 is 17.8 Å². The highest BCUT2D eigenvalue weighted by Crippen LogP contribution is 2.38. The number of nitriles is 1. The molecule has 2 atom stereocenters. The summed E-state index contributed by atoms with van der Waals surface area (Å²) in [5.74, 6) is -1.52. The van der Waals surface area contributed by atoms with Crippen molar-refractivity contribution in [3.63, 3.8) is 0 Å². The molecule has 0 bridgehead atoms. The molecule has 3 aliphatic heterocycles.